The molecule has 0 bridgehead atoms. The second-order valence-corrected chi connectivity index (χ2v) is 6.40. The van der Waals surface area contributed by atoms with E-state index in [1.165, 1.54) is 19.3 Å². The summed E-state index contributed by atoms with van der Waals surface area (Å²) in [6.45, 7) is 5.86. The lowest BCUT2D eigenvalue weighted by atomic mass is 10.3. The minimum absolute atomic E-state index is 0.351. The van der Waals surface area contributed by atoms with E-state index >= 15 is 0 Å². The molecule has 2 fully saturated rings. The first kappa shape index (κ1) is 14.8. The van der Waals surface area contributed by atoms with Crippen molar-refractivity contribution in [3.05, 3.63) is 0 Å². The van der Waals surface area contributed by atoms with Crippen molar-refractivity contribution in [1.82, 2.24) is 15.0 Å². The molecule has 1 aromatic heterocycles. The van der Waals surface area contributed by atoms with Gasteiger partial charge >= 0.3 is 0 Å². The fourth-order valence-corrected chi connectivity index (χ4v) is 3.54. The minimum atomic E-state index is 0.351. The van der Waals surface area contributed by atoms with Crippen molar-refractivity contribution >= 4 is 23.7 Å². The molecule has 0 radical (unpaired) electrons. The summed E-state index contributed by atoms with van der Waals surface area (Å²) in [6.07, 6.45) is 5.12. The highest BCUT2D eigenvalue weighted by atomic mass is 32.2. The van der Waals surface area contributed by atoms with Gasteiger partial charge in [0.05, 0.1) is 6.10 Å². The zero-order chi connectivity index (χ0) is 14.5. The van der Waals surface area contributed by atoms with Crippen molar-refractivity contribution in [3.63, 3.8) is 0 Å². The first-order chi connectivity index (χ1) is 10.3. The molecule has 7 heteroatoms. The van der Waals surface area contributed by atoms with Gasteiger partial charge in [0.15, 0.2) is 5.16 Å². The minimum Gasteiger partial charge on any atom is -0.377 e. The van der Waals surface area contributed by atoms with E-state index in [9.17, 15) is 0 Å². The van der Waals surface area contributed by atoms with Crippen LogP contribution in [0.25, 0.3) is 0 Å². The van der Waals surface area contributed by atoms with Crippen molar-refractivity contribution in [2.24, 2.45) is 0 Å². The van der Waals surface area contributed by atoms with E-state index in [1.807, 2.05) is 0 Å². The molecule has 1 aromatic rings. The first-order valence-corrected chi connectivity index (χ1v) is 8.83. The molecule has 116 valence electrons. The van der Waals surface area contributed by atoms with E-state index in [1.54, 1.807) is 11.8 Å². The summed E-state index contributed by atoms with van der Waals surface area (Å²) in [5.74, 6) is 2.42. The number of nitrogens with one attached hydrogen (secondary N) is 1. The van der Waals surface area contributed by atoms with Crippen molar-refractivity contribution in [3.8, 4) is 0 Å². The number of aromatic nitrogens is 3. The highest BCUT2D eigenvalue weighted by Crippen LogP contribution is 2.24. The van der Waals surface area contributed by atoms with Crippen LogP contribution in [-0.2, 0) is 4.74 Å². The molecule has 21 heavy (non-hydrogen) atoms. The lowest BCUT2D eigenvalue weighted by Crippen LogP contribution is -2.22. The van der Waals surface area contributed by atoms with E-state index < -0.39 is 0 Å². The van der Waals surface area contributed by atoms with Gasteiger partial charge in [-0.05, 0) is 32.6 Å². The summed E-state index contributed by atoms with van der Waals surface area (Å²) in [7, 11) is 0. The van der Waals surface area contributed by atoms with Gasteiger partial charge in [0.1, 0.15) is 0 Å². The third-order valence-corrected chi connectivity index (χ3v) is 4.73. The van der Waals surface area contributed by atoms with Gasteiger partial charge in [-0.15, -0.1) is 0 Å². The maximum absolute atomic E-state index is 5.66. The normalized spacial score (nSPS) is 22.0. The number of hydrogen-bond acceptors (Lipinski definition) is 7. The Kier molecular flexibility index (Phi) is 5.13. The SMILES string of the molecule is CCNc1nc(SCC2CCCO2)nc(N2CCCC2)n1. The van der Waals surface area contributed by atoms with Crippen LogP contribution in [0, 0.1) is 0 Å². The average Bonchev–Trinajstić information content (AvgIpc) is 3.19. The molecule has 2 aliphatic heterocycles. The second kappa shape index (κ2) is 7.26. The predicted octanol–water partition coefficient (Wildman–Crippen LogP) is 2.17. The lowest BCUT2D eigenvalue weighted by Gasteiger charge is -2.17. The number of hydrogen-bond donors (Lipinski definition) is 1. The molecular weight excluding hydrogens is 286 g/mol. The van der Waals surface area contributed by atoms with Gasteiger partial charge in [0.2, 0.25) is 11.9 Å². The van der Waals surface area contributed by atoms with Crippen LogP contribution in [0.15, 0.2) is 5.16 Å². The predicted molar refractivity (Wildman–Crippen MR) is 85.1 cm³/mol. The fourth-order valence-electron chi connectivity index (χ4n) is 2.65. The third kappa shape index (κ3) is 3.97. The Hall–Kier alpha value is -1.08. The summed E-state index contributed by atoms with van der Waals surface area (Å²) in [6, 6.07) is 0. The molecule has 1 N–H and O–H groups in total. The van der Waals surface area contributed by atoms with Crippen molar-refractivity contribution < 1.29 is 4.74 Å². The Labute approximate surface area is 130 Å². The summed E-state index contributed by atoms with van der Waals surface area (Å²) in [4.78, 5) is 15.9. The zero-order valence-corrected chi connectivity index (χ0v) is 13.4. The van der Waals surface area contributed by atoms with E-state index in [-0.39, 0.29) is 0 Å². The third-order valence-electron chi connectivity index (χ3n) is 3.75. The van der Waals surface area contributed by atoms with Gasteiger partial charge < -0.3 is 15.0 Å². The molecule has 3 heterocycles. The quantitative estimate of drug-likeness (QED) is 0.808. The van der Waals surface area contributed by atoms with Gasteiger partial charge in [-0.3, -0.25) is 0 Å². The van der Waals surface area contributed by atoms with Crippen LogP contribution in [0.4, 0.5) is 11.9 Å². The molecule has 1 atom stereocenters. The largest absolute Gasteiger partial charge is 0.377 e. The van der Waals surface area contributed by atoms with Crippen LogP contribution < -0.4 is 10.2 Å². The van der Waals surface area contributed by atoms with Crippen LogP contribution in [0.2, 0.25) is 0 Å². The van der Waals surface area contributed by atoms with Crippen LogP contribution >= 0.6 is 11.8 Å². The Balaban J connectivity index is 1.70. The Bertz CT molecular complexity index is 461. The van der Waals surface area contributed by atoms with Gasteiger partial charge in [-0.25, -0.2) is 0 Å². The molecule has 0 spiro atoms. The van der Waals surface area contributed by atoms with E-state index in [0.29, 0.717) is 12.1 Å². The standard InChI is InChI=1S/C14H23N5OS/c1-2-15-12-16-13(19-7-3-4-8-19)18-14(17-12)21-10-11-6-5-9-20-11/h11H,2-10H2,1H3,(H,15,16,17,18). The summed E-state index contributed by atoms with van der Waals surface area (Å²) >= 11 is 1.68. The van der Waals surface area contributed by atoms with Crippen LogP contribution in [-0.4, -0.2) is 53.0 Å². The van der Waals surface area contributed by atoms with Gasteiger partial charge in [0.25, 0.3) is 0 Å². The van der Waals surface area contributed by atoms with Gasteiger partial charge in [-0.2, -0.15) is 15.0 Å². The van der Waals surface area contributed by atoms with Crippen molar-refractivity contribution in [1.29, 1.82) is 0 Å². The first-order valence-electron chi connectivity index (χ1n) is 7.84. The monoisotopic (exact) mass is 309 g/mol. The molecule has 6 nitrogen and oxygen atoms in total. The highest BCUT2D eigenvalue weighted by molar-refractivity contribution is 7.99. The van der Waals surface area contributed by atoms with Crippen LogP contribution in [0.3, 0.4) is 0 Å². The van der Waals surface area contributed by atoms with Crippen LogP contribution in [0.5, 0.6) is 0 Å². The molecule has 2 aliphatic rings. The van der Waals surface area contributed by atoms with E-state index in [0.717, 1.165) is 49.5 Å². The van der Waals surface area contributed by atoms with Crippen molar-refractivity contribution in [2.45, 2.75) is 43.9 Å². The highest BCUT2D eigenvalue weighted by Gasteiger charge is 2.19. The topological polar surface area (TPSA) is 63.2 Å². The molecular formula is C14H23N5OS. The number of rotatable bonds is 6. The number of ether oxygens (including phenoxy) is 1. The molecule has 1 unspecified atom stereocenters. The van der Waals surface area contributed by atoms with E-state index in [4.69, 9.17) is 4.74 Å². The molecule has 3 rings (SSSR count). The number of nitrogens with zero attached hydrogens (tertiary/aromatic N) is 4. The summed E-state index contributed by atoms with van der Waals surface area (Å²) < 4.78 is 5.66. The molecule has 0 aliphatic carbocycles. The van der Waals surface area contributed by atoms with Gasteiger partial charge in [0, 0.05) is 32.0 Å². The molecule has 2 saturated heterocycles. The smallest absolute Gasteiger partial charge is 0.231 e. The fraction of sp³-hybridized carbons (Fsp3) is 0.786. The Morgan fingerprint density at radius 2 is 2.10 bits per heavy atom. The van der Waals surface area contributed by atoms with Gasteiger partial charge in [-0.1, -0.05) is 11.8 Å². The average molecular weight is 309 g/mol. The molecule has 0 aromatic carbocycles. The van der Waals surface area contributed by atoms with Crippen molar-refractivity contribution in [2.75, 3.05) is 42.2 Å². The Morgan fingerprint density at radius 1 is 1.24 bits per heavy atom. The second-order valence-electron chi connectivity index (χ2n) is 5.41. The summed E-state index contributed by atoms with van der Waals surface area (Å²) in [5.41, 5.74) is 0. The maximum atomic E-state index is 5.66. The lowest BCUT2D eigenvalue weighted by molar-refractivity contribution is 0.129. The van der Waals surface area contributed by atoms with Crippen LogP contribution in [0.1, 0.15) is 32.6 Å². The maximum Gasteiger partial charge on any atom is 0.231 e. The zero-order valence-electron chi connectivity index (χ0n) is 12.5. The molecule has 0 saturated carbocycles. The number of thioether (sulfide) groups is 1. The summed E-state index contributed by atoms with van der Waals surface area (Å²) in [5, 5.41) is 4.01. The number of anilines is 2. The Morgan fingerprint density at radius 3 is 2.81 bits per heavy atom. The van der Waals surface area contributed by atoms with E-state index in [2.05, 4.69) is 32.1 Å². The molecule has 0 amide bonds.